The van der Waals surface area contributed by atoms with Gasteiger partial charge in [0.05, 0.1) is 12.1 Å². The summed E-state index contributed by atoms with van der Waals surface area (Å²) in [5.41, 5.74) is 1.84. The molecule has 2 heterocycles. The highest BCUT2D eigenvalue weighted by Crippen LogP contribution is 2.25. The Balaban J connectivity index is 1.46. The summed E-state index contributed by atoms with van der Waals surface area (Å²) in [6, 6.07) is 7.90. The van der Waals surface area contributed by atoms with E-state index in [0.29, 0.717) is 18.2 Å². The van der Waals surface area contributed by atoms with Gasteiger partial charge >= 0.3 is 0 Å². The van der Waals surface area contributed by atoms with E-state index in [1.165, 1.54) is 0 Å². The van der Waals surface area contributed by atoms with Crippen molar-refractivity contribution < 1.29 is 4.79 Å². The SMILES string of the molecule is O=C(Cc1cnccn1)NC[C@H]1CCN(c2cccc(Cl)c2)C1. The number of amides is 1. The van der Waals surface area contributed by atoms with Crippen molar-refractivity contribution in [1.82, 2.24) is 15.3 Å². The molecule has 23 heavy (non-hydrogen) atoms. The van der Waals surface area contributed by atoms with E-state index in [-0.39, 0.29) is 12.3 Å². The quantitative estimate of drug-likeness (QED) is 0.914. The number of anilines is 1. The first kappa shape index (κ1) is 15.7. The maximum absolute atomic E-state index is 12.0. The van der Waals surface area contributed by atoms with Crippen LogP contribution in [0.4, 0.5) is 5.69 Å². The largest absolute Gasteiger partial charge is 0.371 e. The lowest BCUT2D eigenvalue weighted by molar-refractivity contribution is -0.120. The van der Waals surface area contributed by atoms with Crippen LogP contribution < -0.4 is 10.2 Å². The van der Waals surface area contributed by atoms with Gasteiger partial charge in [0.1, 0.15) is 0 Å². The molecule has 2 aromatic rings. The Hall–Kier alpha value is -2.14. The molecule has 1 aromatic heterocycles. The number of aromatic nitrogens is 2. The molecule has 5 nitrogen and oxygen atoms in total. The second-order valence-corrected chi connectivity index (χ2v) is 6.19. The fourth-order valence-electron chi connectivity index (χ4n) is 2.81. The van der Waals surface area contributed by atoms with Crippen LogP contribution in [0, 0.1) is 5.92 Å². The van der Waals surface area contributed by atoms with Crippen molar-refractivity contribution in [3.05, 3.63) is 53.6 Å². The molecular weight excluding hydrogens is 312 g/mol. The third-order valence-corrected chi connectivity index (χ3v) is 4.24. The molecule has 6 heteroatoms. The van der Waals surface area contributed by atoms with Crippen LogP contribution in [0.25, 0.3) is 0 Å². The first-order valence-electron chi connectivity index (χ1n) is 7.73. The van der Waals surface area contributed by atoms with Crippen molar-refractivity contribution in [2.24, 2.45) is 5.92 Å². The fraction of sp³-hybridized carbons (Fsp3) is 0.353. The first-order valence-corrected chi connectivity index (χ1v) is 8.10. The van der Waals surface area contributed by atoms with Gasteiger partial charge in [-0.1, -0.05) is 17.7 Å². The van der Waals surface area contributed by atoms with Gasteiger partial charge < -0.3 is 10.2 Å². The van der Waals surface area contributed by atoms with Gasteiger partial charge in [-0.2, -0.15) is 0 Å². The van der Waals surface area contributed by atoms with Crippen LogP contribution in [0.2, 0.25) is 5.02 Å². The van der Waals surface area contributed by atoms with Gasteiger partial charge in [-0.3, -0.25) is 14.8 Å². The van der Waals surface area contributed by atoms with Crippen LogP contribution in [0.5, 0.6) is 0 Å². The molecule has 0 saturated carbocycles. The van der Waals surface area contributed by atoms with Crippen LogP contribution >= 0.6 is 11.6 Å². The van der Waals surface area contributed by atoms with E-state index in [9.17, 15) is 4.79 Å². The molecule has 3 rings (SSSR count). The molecule has 0 unspecified atom stereocenters. The van der Waals surface area contributed by atoms with Gasteiger partial charge in [0.25, 0.3) is 0 Å². The topological polar surface area (TPSA) is 58.1 Å². The summed E-state index contributed by atoms with van der Waals surface area (Å²) in [7, 11) is 0. The average molecular weight is 331 g/mol. The summed E-state index contributed by atoms with van der Waals surface area (Å²) < 4.78 is 0. The van der Waals surface area contributed by atoms with Crippen LogP contribution in [-0.4, -0.2) is 35.5 Å². The van der Waals surface area contributed by atoms with Gasteiger partial charge in [-0.05, 0) is 30.5 Å². The van der Waals surface area contributed by atoms with E-state index in [0.717, 1.165) is 30.2 Å². The molecular formula is C17H19ClN4O. The van der Waals surface area contributed by atoms with E-state index in [1.54, 1.807) is 18.6 Å². The predicted octanol–water partition coefficient (Wildman–Crippen LogP) is 2.32. The van der Waals surface area contributed by atoms with Crippen LogP contribution in [0.3, 0.4) is 0 Å². The van der Waals surface area contributed by atoms with Gasteiger partial charge in [0, 0.05) is 48.9 Å². The zero-order valence-electron chi connectivity index (χ0n) is 12.8. The van der Waals surface area contributed by atoms with E-state index in [4.69, 9.17) is 11.6 Å². The van der Waals surface area contributed by atoms with E-state index >= 15 is 0 Å². The average Bonchev–Trinajstić information content (AvgIpc) is 3.03. The molecule has 1 aliphatic rings. The molecule has 1 atom stereocenters. The number of hydrogen-bond donors (Lipinski definition) is 1. The van der Waals surface area contributed by atoms with Crippen molar-refractivity contribution in [2.75, 3.05) is 24.5 Å². The standard InChI is InChI=1S/C17H19ClN4O/c18-14-2-1-3-16(8-14)22-7-4-13(12-22)10-21-17(23)9-15-11-19-5-6-20-15/h1-3,5-6,8,11,13H,4,7,9-10,12H2,(H,21,23)/t13-/m1/s1. The number of hydrogen-bond acceptors (Lipinski definition) is 4. The number of carbonyl (C=O) groups excluding carboxylic acids is 1. The molecule has 1 amide bonds. The Labute approximate surface area is 140 Å². The number of nitrogens with one attached hydrogen (secondary N) is 1. The summed E-state index contributed by atoms with van der Waals surface area (Å²) in [6.45, 7) is 2.62. The lowest BCUT2D eigenvalue weighted by atomic mass is 10.1. The summed E-state index contributed by atoms with van der Waals surface area (Å²) >= 11 is 6.04. The summed E-state index contributed by atoms with van der Waals surface area (Å²) in [5, 5.41) is 3.75. The minimum absolute atomic E-state index is 0.00768. The Bertz CT molecular complexity index is 665. The molecule has 1 fully saturated rings. The molecule has 0 bridgehead atoms. The second-order valence-electron chi connectivity index (χ2n) is 5.76. The van der Waals surface area contributed by atoms with Crippen LogP contribution in [0.1, 0.15) is 12.1 Å². The zero-order valence-corrected chi connectivity index (χ0v) is 13.5. The fourth-order valence-corrected chi connectivity index (χ4v) is 3.00. The smallest absolute Gasteiger partial charge is 0.226 e. The highest BCUT2D eigenvalue weighted by molar-refractivity contribution is 6.30. The molecule has 1 aromatic carbocycles. The maximum Gasteiger partial charge on any atom is 0.226 e. The first-order chi connectivity index (χ1) is 11.2. The molecule has 1 aliphatic heterocycles. The molecule has 1 N–H and O–H groups in total. The number of carbonyl (C=O) groups is 1. The van der Waals surface area contributed by atoms with Gasteiger partial charge in [0.2, 0.25) is 5.91 Å². The molecule has 120 valence electrons. The number of nitrogens with zero attached hydrogens (tertiary/aromatic N) is 3. The number of benzene rings is 1. The summed E-state index contributed by atoms with van der Waals surface area (Å²) in [5.74, 6) is 0.450. The lowest BCUT2D eigenvalue weighted by Crippen LogP contribution is -2.32. The Morgan fingerprint density at radius 1 is 1.39 bits per heavy atom. The second kappa shape index (κ2) is 7.42. The van der Waals surface area contributed by atoms with Crippen molar-refractivity contribution in [2.45, 2.75) is 12.8 Å². The van der Waals surface area contributed by atoms with Crippen molar-refractivity contribution in [3.8, 4) is 0 Å². The molecule has 1 saturated heterocycles. The van der Waals surface area contributed by atoms with E-state index in [1.807, 2.05) is 18.2 Å². The van der Waals surface area contributed by atoms with Crippen molar-refractivity contribution in [1.29, 1.82) is 0 Å². The van der Waals surface area contributed by atoms with Crippen molar-refractivity contribution >= 4 is 23.2 Å². The van der Waals surface area contributed by atoms with Gasteiger partial charge in [0.15, 0.2) is 0 Å². The third kappa shape index (κ3) is 4.42. The Kier molecular flexibility index (Phi) is 5.08. The highest BCUT2D eigenvalue weighted by Gasteiger charge is 2.23. The summed E-state index contributed by atoms with van der Waals surface area (Å²) in [4.78, 5) is 22.3. The van der Waals surface area contributed by atoms with Gasteiger partial charge in [-0.25, -0.2) is 0 Å². The van der Waals surface area contributed by atoms with Gasteiger partial charge in [-0.15, -0.1) is 0 Å². The normalized spacial score (nSPS) is 17.3. The monoisotopic (exact) mass is 330 g/mol. The summed E-state index contributed by atoms with van der Waals surface area (Å²) in [6.07, 6.45) is 6.17. The van der Waals surface area contributed by atoms with Crippen LogP contribution in [0.15, 0.2) is 42.9 Å². The zero-order chi connectivity index (χ0) is 16.1. The highest BCUT2D eigenvalue weighted by atomic mass is 35.5. The van der Waals surface area contributed by atoms with Crippen LogP contribution in [-0.2, 0) is 11.2 Å². The lowest BCUT2D eigenvalue weighted by Gasteiger charge is -2.19. The molecule has 0 radical (unpaired) electrons. The minimum atomic E-state index is -0.00768. The van der Waals surface area contributed by atoms with E-state index in [2.05, 4.69) is 26.3 Å². The Morgan fingerprint density at radius 2 is 2.30 bits per heavy atom. The van der Waals surface area contributed by atoms with Crippen molar-refractivity contribution in [3.63, 3.8) is 0 Å². The predicted molar refractivity (Wildman–Crippen MR) is 90.5 cm³/mol. The number of rotatable bonds is 5. The minimum Gasteiger partial charge on any atom is -0.371 e. The third-order valence-electron chi connectivity index (χ3n) is 4.01. The van der Waals surface area contributed by atoms with E-state index < -0.39 is 0 Å². The molecule has 0 aliphatic carbocycles. The number of halogens is 1. The maximum atomic E-state index is 12.0. The molecule has 0 spiro atoms. The Morgan fingerprint density at radius 3 is 3.09 bits per heavy atom.